The number of rotatable bonds is 6. The smallest absolute Gasteiger partial charge is 0.154 e. The van der Waals surface area contributed by atoms with Gasteiger partial charge in [0.1, 0.15) is 0 Å². The lowest BCUT2D eigenvalue weighted by molar-refractivity contribution is 0.125. The molecule has 0 bridgehead atoms. The number of nitrogens with two attached hydrogens (primary N) is 1. The number of amidine groups is 1. The molecule has 0 amide bonds. The van der Waals surface area contributed by atoms with Crippen molar-refractivity contribution < 1.29 is 0 Å². The minimum Gasteiger partial charge on any atom is -0.398 e. The number of benzene rings is 2. The Morgan fingerprint density at radius 1 is 0.833 bits per heavy atom. The van der Waals surface area contributed by atoms with Gasteiger partial charge >= 0.3 is 0 Å². The van der Waals surface area contributed by atoms with Gasteiger partial charge in [0, 0.05) is 23.5 Å². The van der Waals surface area contributed by atoms with Crippen molar-refractivity contribution in [1.82, 2.24) is 0 Å². The number of nitrogens with zero attached hydrogens (tertiary/aromatic N) is 2. The van der Waals surface area contributed by atoms with Gasteiger partial charge in [-0.05, 0) is 77.0 Å². The van der Waals surface area contributed by atoms with Gasteiger partial charge < -0.3 is 5.73 Å². The van der Waals surface area contributed by atoms with Crippen LogP contribution in [0.4, 0.5) is 0 Å². The second-order valence-corrected chi connectivity index (χ2v) is 11.8. The van der Waals surface area contributed by atoms with Crippen LogP contribution in [-0.4, -0.2) is 11.5 Å². The summed E-state index contributed by atoms with van der Waals surface area (Å²) in [5.74, 6) is 0.665. The Morgan fingerprint density at radius 3 is 2.06 bits per heavy atom. The molecule has 2 aromatic carbocycles. The Hall–Kier alpha value is -3.20. The molecule has 3 nitrogen and oxygen atoms in total. The fourth-order valence-electron chi connectivity index (χ4n) is 5.06. The highest BCUT2D eigenvalue weighted by atomic mass is 14.9. The lowest BCUT2D eigenvalue weighted by Gasteiger charge is -2.44. The molecule has 0 saturated heterocycles. The number of aliphatic imine (C=N–C) groups is 2. The zero-order valence-electron chi connectivity index (χ0n) is 23.7. The topological polar surface area (TPSA) is 50.7 Å². The monoisotopic (exact) mass is 481 g/mol. The first-order valence-electron chi connectivity index (χ1n) is 12.8. The number of fused-ring (bicyclic) bond motifs is 1. The standard InChI is InChI=1S/C33H43N3/c1-22(2)35-30(36-24(4)20-25-14-12-11-13-15-25)23(3)16-19-29(34)26-17-18-27-28(21-26)32(7,8)33(9,10)31(27,5)6/h11-19,21H,4,20,34H2,1-3,5-10H3/b23-16+,29-19-,36-30?. The van der Waals surface area contributed by atoms with Crippen LogP contribution in [0.3, 0.4) is 0 Å². The summed E-state index contributed by atoms with van der Waals surface area (Å²) in [5, 5.41) is 0. The van der Waals surface area contributed by atoms with Crippen LogP contribution in [0.15, 0.2) is 88.5 Å². The second kappa shape index (κ2) is 10.0. The third-order valence-electron chi connectivity index (χ3n) is 8.53. The number of hydrogen-bond acceptors (Lipinski definition) is 2. The van der Waals surface area contributed by atoms with Crippen molar-refractivity contribution in [2.45, 2.75) is 79.6 Å². The third kappa shape index (κ3) is 5.16. The molecule has 0 heterocycles. The summed E-state index contributed by atoms with van der Waals surface area (Å²) in [7, 11) is 0. The Morgan fingerprint density at radius 2 is 1.44 bits per heavy atom. The Kier molecular flexibility index (Phi) is 7.64. The van der Waals surface area contributed by atoms with E-state index in [0.29, 0.717) is 12.3 Å². The summed E-state index contributed by atoms with van der Waals surface area (Å²) in [6.07, 6.45) is 4.65. The first-order chi connectivity index (χ1) is 16.7. The molecular weight excluding hydrogens is 438 g/mol. The Balaban J connectivity index is 1.92. The zero-order valence-corrected chi connectivity index (χ0v) is 23.7. The van der Waals surface area contributed by atoms with Crippen molar-refractivity contribution in [3.63, 3.8) is 0 Å². The fraction of sp³-hybridized carbons (Fsp3) is 0.394. The van der Waals surface area contributed by atoms with Crippen LogP contribution in [-0.2, 0) is 17.3 Å². The van der Waals surface area contributed by atoms with Gasteiger partial charge in [0.15, 0.2) is 5.84 Å². The van der Waals surface area contributed by atoms with Crippen LogP contribution in [0.5, 0.6) is 0 Å². The lowest BCUT2D eigenvalue weighted by atomic mass is 9.59. The van der Waals surface area contributed by atoms with E-state index >= 15 is 0 Å². The summed E-state index contributed by atoms with van der Waals surface area (Å²) < 4.78 is 0. The predicted molar refractivity (Wildman–Crippen MR) is 158 cm³/mol. The summed E-state index contributed by atoms with van der Waals surface area (Å²) in [6.45, 7) is 24.3. The van der Waals surface area contributed by atoms with Crippen LogP contribution >= 0.6 is 0 Å². The van der Waals surface area contributed by atoms with Gasteiger partial charge in [-0.2, -0.15) is 0 Å². The van der Waals surface area contributed by atoms with E-state index in [9.17, 15) is 0 Å². The van der Waals surface area contributed by atoms with Gasteiger partial charge in [-0.3, -0.25) is 0 Å². The van der Waals surface area contributed by atoms with E-state index in [1.807, 2.05) is 51.1 Å². The molecule has 2 N–H and O–H groups in total. The zero-order chi connectivity index (χ0) is 26.9. The molecule has 190 valence electrons. The van der Waals surface area contributed by atoms with Gasteiger partial charge in [0.25, 0.3) is 0 Å². The fourth-order valence-corrected chi connectivity index (χ4v) is 5.06. The van der Waals surface area contributed by atoms with E-state index in [4.69, 9.17) is 10.7 Å². The SMILES string of the molecule is C=C(Cc1ccccc1)N=C(N=C(C)C)/C(C)=C/C=C(\N)c1ccc2c(c1)C(C)(C)C(C)(C)C2(C)C. The highest BCUT2D eigenvalue weighted by molar-refractivity contribution is 6.06. The molecule has 3 heteroatoms. The minimum atomic E-state index is 0.0419. The van der Waals surface area contributed by atoms with Crippen molar-refractivity contribution in [2.75, 3.05) is 0 Å². The molecule has 0 atom stereocenters. The first kappa shape index (κ1) is 27.4. The van der Waals surface area contributed by atoms with Gasteiger partial charge in [-0.15, -0.1) is 0 Å². The van der Waals surface area contributed by atoms with E-state index in [2.05, 4.69) is 83.4 Å². The van der Waals surface area contributed by atoms with E-state index in [0.717, 1.165) is 28.2 Å². The largest absolute Gasteiger partial charge is 0.398 e. The molecule has 2 aromatic rings. The summed E-state index contributed by atoms with van der Waals surface area (Å²) in [4.78, 5) is 9.43. The third-order valence-corrected chi connectivity index (χ3v) is 8.53. The number of hydrogen-bond donors (Lipinski definition) is 1. The maximum absolute atomic E-state index is 6.59. The first-order valence-corrected chi connectivity index (χ1v) is 12.8. The molecule has 36 heavy (non-hydrogen) atoms. The van der Waals surface area contributed by atoms with E-state index in [-0.39, 0.29) is 16.2 Å². The normalized spacial score (nSPS) is 18.5. The molecule has 0 radical (unpaired) electrons. The van der Waals surface area contributed by atoms with Crippen molar-refractivity contribution in [2.24, 2.45) is 21.1 Å². The van der Waals surface area contributed by atoms with Gasteiger partial charge in [-0.1, -0.05) is 96.7 Å². The molecule has 1 aliphatic rings. The van der Waals surface area contributed by atoms with Crippen LogP contribution in [0.1, 0.15) is 84.6 Å². The molecule has 0 aliphatic heterocycles. The van der Waals surface area contributed by atoms with Gasteiger partial charge in [0.05, 0.1) is 0 Å². The molecule has 0 fully saturated rings. The van der Waals surface area contributed by atoms with Crippen LogP contribution in [0.2, 0.25) is 0 Å². The molecule has 3 rings (SSSR count). The number of allylic oxidation sites excluding steroid dienone is 3. The van der Waals surface area contributed by atoms with Gasteiger partial charge in [-0.25, -0.2) is 9.98 Å². The quantitative estimate of drug-likeness (QED) is 0.252. The average molecular weight is 482 g/mol. The van der Waals surface area contributed by atoms with Crippen molar-refractivity contribution in [3.05, 3.63) is 101 Å². The Bertz CT molecular complexity index is 1260. The maximum atomic E-state index is 6.59. The highest BCUT2D eigenvalue weighted by Crippen LogP contribution is 2.61. The van der Waals surface area contributed by atoms with Crippen LogP contribution in [0, 0.1) is 5.41 Å². The lowest BCUT2D eigenvalue weighted by Crippen LogP contribution is -2.42. The van der Waals surface area contributed by atoms with Crippen molar-refractivity contribution >= 4 is 17.2 Å². The maximum Gasteiger partial charge on any atom is 0.154 e. The molecule has 0 aromatic heterocycles. The van der Waals surface area contributed by atoms with E-state index < -0.39 is 0 Å². The Labute approximate surface area is 218 Å². The average Bonchev–Trinajstić information content (AvgIpc) is 2.91. The predicted octanol–water partition coefficient (Wildman–Crippen LogP) is 8.16. The summed E-state index contributed by atoms with van der Waals surface area (Å²) in [5.41, 5.74) is 15.3. The molecule has 1 aliphatic carbocycles. The van der Waals surface area contributed by atoms with Crippen molar-refractivity contribution in [1.29, 1.82) is 0 Å². The van der Waals surface area contributed by atoms with Gasteiger partial charge in [0.2, 0.25) is 0 Å². The summed E-state index contributed by atoms with van der Waals surface area (Å²) in [6, 6.07) is 16.9. The minimum absolute atomic E-state index is 0.0419. The van der Waals surface area contributed by atoms with Crippen LogP contribution in [0.25, 0.3) is 5.70 Å². The molecule has 0 spiro atoms. The summed E-state index contributed by atoms with van der Waals surface area (Å²) >= 11 is 0. The molecular formula is C33H43N3. The van der Waals surface area contributed by atoms with E-state index in [1.54, 1.807) is 0 Å². The van der Waals surface area contributed by atoms with Crippen LogP contribution < -0.4 is 5.73 Å². The molecule has 0 unspecified atom stereocenters. The van der Waals surface area contributed by atoms with E-state index in [1.165, 1.54) is 16.7 Å². The molecule has 0 saturated carbocycles. The highest BCUT2D eigenvalue weighted by Gasteiger charge is 2.56. The van der Waals surface area contributed by atoms with Crippen molar-refractivity contribution in [3.8, 4) is 0 Å². The second-order valence-electron chi connectivity index (χ2n) is 11.8.